The molecule has 6 N–H and O–H groups in total. The lowest BCUT2D eigenvalue weighted by molar-refractivity contribution is -0.135. The van der Waals surface area contributed by atoms with E-state index >= 15 is 0 Å². The number of piperidine rings is 1. The van der Waals surface area contributed by atoms with Gasteiger partial charge in [-0.3, -0.25) is 14.4 Å². The second kappa shape index (κ2) is 10.5. The van der Waals surface area contributed by atoms with Gasteiger partial charge in [-0.1, -0.05) is 20.3 Å². The van der Waals surface area contributed by atoms with Crippen molar-refractivity contribution in [1.82, 2.24) is 16.0 Å². The van der Waals surface area contributed by atoms with Gasteiger partial charge in [0.05, 0.1) is 18.2 Å². The van der Waals surface area contributed by atoms with Crippen molar-refractivity contribution in [1.29, 1.82) is 0 Å². The topological polar surface area (TPSA) is 134 Å². The molecular formula is C17H32N4O4. The van der Waals surface area contributed by atoms with Gasteiger partial charge < -0.3 is 26.8 Å². The van der Waals surface area contributed by atoms with Crippen LogP contribution in [0.5, 0.6) is 0 Å². The van der Waals surface area contributed by atoms with Crippen molar-refractivity contribution >= 4 is 17.6 Å². The van der Waals surface area contributed by atoms with Crippen molar-refractivity contribution in [2.24, 2.45) is 11.7 Å². The third kappa shape index (κ3) is 6.72. The fraction of sp³-hybridized carbons (Fsp3) is 0.824. The van der Waals surface area contributed by atoms with Gasteiger partial charge in [-0.2, -0.15) is 0 Å². The Morgan fingerprint density at radius 2 is 1.88 bits per heavy atom. The summed E-state index contributed by atoms with van der Waals surface area (Å²) in [5.41, 5.74) is 5.53. The Morgan fingerprint density at radius 1 is 1.20 bits per heavy atom. The van der Waals surface area contributed by atoms with E-state index in [0.717, 1.165) is 19.4 Å². The maximum Gasteiger partial charge on any atom is 0.245 e. The molecule has 0 aliphatic carbocycles. The molecular weight excluding hydrogens is 324 g/mol. The zero-order chi connectivity index (χ0) is 19.0. The lowest BCUT2D eigenvalue weighted by atomic mass is 9.98. The third-order valence-corrected chi connectivity index (χ3v) is 4.37. The molecule has 0 aromatic heterocycles. The molecule has 1 heterocycles. The first-order chi connectivity index (χ1) is 11.8. The molecule has 25 heavy (non-hydrogen) atoms. The average Bonchev–Trinajstić information content (AvgIpc) is 2.58. The van der Waals surface area contributed by atoms with Gasteiger partial charge in [-0.05, 0) is 39.3 Å². The number of carbonyl (C=O) groups is 3. The number of hydrogen-bond acceptors (Lipinski definition) is 6. The summed E-state index contributed by atoms with van der Waals surface area (Å²) >= 11 is 0. The Morgan fingerprint density at radius 3 is 2.36 bits per heavy atom. The van der Waals surface area contributed by atoms with Crippen molar-refractivity contribution in [3.63, 3.8) is 0 Å². The highest BCUT2D eigenvalue weighted by Gasteiger charge is 2.32. The molecule has 0 saturated carbocycles. The second-order valence-corrected chi connectivity index (χ2v) is 6.92. The molecule has 2 unspecified atom stereocenters. The summed E-state index contributed by atoms with van der Waals surface area (Å²) in [6.45, 7) is 5.94. The molecule has 0 spiro atoms. The summed E-state index contributed by atoms with van der Waals surface area (Å²) in [7, 11) is 0. The van der Waals surface area contributed by atoms with Crippen LogP contribution in [0.15, 0.2) is 0 Å². The number of hydrogen-bond donors (Lipinski definition) is 5. The quantitative estimate of drug-likeness (QED) is 0.362. The average molecular weight is 356 g/mol. The minimum Gasteiger partial charge on any atom is -0.391 e. The highest BCUT2D eigenvalue weighted by molar-refractivity contribution is 5.94. The number of aliphatic hydroxyl groups excluding tert-OH is 1. The van der Waals surface area contributed by atoms with Crippen LogP contribution in [0, 0.1) is 5.92 Å². The van der Waals surface area contributed by atoms with Crippen molar-refractivity contribution in [3.8, 4) is 0 Å². The molecule has 1 aliphatic heterocycles. The molecule has 0 aromatic carbocycles. The van der Waals surface area contributed by atoms with Gasteiger partial charge >= 0.3 is 0 Å². The number of Topliss-reactive ketones (excluding diaryl/α,β-unsaturated/α-hetero) is 1. The Labute approximate surface area is 149 Å². The van der Waals surface area contributed by atoms with E-state index in [1.807, 2.05) is 0 Å². The molecule has 1 rings (SSSR count). The summed E-state index contributed by atoms with van der Waals surface area (Å²) in [5, 5.41) is 18.2. The molecule has 0 radical (unpaired) electrons. The Hall–Kier alpha value is -1.51. The fourth-order valence-corrected chi connectivity index (χ4v) is 2.85. The van der Waals surface area contributed by atoms with E-state index in [9.17, 15) is 19.5 Å². The number of amides is 2. The summed E-state index contributed by atoms with van der Waals surface area (Å²) < 4.78 is 0. The zero-order valence-electron chi connectivity index (χ0n) is 15.4. The van der Waals surface area contributed by atoms with Crippen LogP contribution >= 0.6 is 0 Å². The standard InChI is InChI=1S/C17H32N4O4/c1-10(2)15(23)12(7-8-18)20-17(25)14(11(3)22)21-16(24)13-6-4-5-9-19-13/h10-14,19,22H,4-9,18H2,1-3H3,(H,20,25)(H,21,24)/t11?,12-,13?,14-/m0/s1. The van der Waals surface area contributed by atoms with E-state index in [1.165, 1.54) is 6.92 Å². The van der Waals surface area contributed by atoms with E-state index in [0.29, 0.717) is 12.8 Å². The molecule has 8 nitrogen and oxygen atoms in total. The Kier molecular flexibility index (Phi) is 9.02. The van der Waals surface area contributed by atoms with Crippen LogP contribution in [0.3, 0.4) is 0 Å². The Balaban J connectivity index is 2.73. The lowest BCUT2D eigenvalue weighted by Gasteiger charge is -2.28. The number of carbonyl (C=O) groups excluding carboxylic acids is 3. The van der Waals surface area contributed by atoms with Gasteiger partial charge in [-0.15, -0.1) is 0 Å². The van der Waals surface area contributed by atoms with Crippen LogP contribution < -0.4 is 21.7 Å². The maximum absolute atomic E-state index is 12.5. The summed E-state index contributed by atoms with van der Waals surface area (Å²) in [6, 6.07) is -2.19. The minimum absolute atomic E-state index is 0.122. The zero-order valence-corrected chi connectivity index (χ0v) is 15.4. The third-order valence-electron chi connectivity index (χ3n) is 4.37. The number of nitrogens with one attached hydrogen (secondary N) is 3. The van der Waals surface area contributed by atoms with Crippen LogP contribution in [0.4, 0.5) is 0 Å². The normalized spacial score (nSPS) is 21.3. The van der Waals surface area contributed by atoms with E-state index in [-0.39, 0.29) is 30.2 Å². The van der Waals surface area contributed by atoms with Gasteiger partial charge in [-0.25, -0.2) is 0 Å². The first-order valence-electron chi connectivity index (χ1n) is 9.03. The van der Waals surface area contributed by atoms with Crippen molar-refractivity contribution in [2.75, 3.05) is 13.1 Å². The highest BCUT2D eigenvalue weighted by atomic mass is 16.3. The first-order valence-corrected chi connectivity index (χ1v) is 9.03. The van der Waals surface area contributed by atoms with Crippen LogP contribution in [0.25, 0.3) is 0 Å². The summed E-state index contributed by atoms with van der Waals surface area (Å²) in [4.78, 5) is 37.0. The van der Waals surface area contributed by atoms with Crippen LogP contribution in [0.2, 0.25) is 0 Å². The lowest BCUT2D eigenvalue weighted by Crippen LogP contribution is -2.59. The molecule has 144 valence electrons. The van der Waals surface area contributed by atoms with Gasteiger partial charge in [0.15, 0.2) is 5.78 Å². The van der Waals surface area contributed by atoms with Crippen molar-refractivity contribution in [2.45, 2.75) is 70.7 Å². The van der Waals surface area contributed by atoms with Gasteiger partial charge in [0, 0.05) is 5.92 Å². The largest absolute Gasteiger partial charge is 0.391 e. The molecule has 2 amide bonds. The molecule has 8 heteroatoms. The number of aliphatic hydroxyl groups is 1. The monoisotopic (exact) mass is 356 g/mol. The van der Waals surface area contributed by atoms with Crippen molar-refractivity contribution in [3.05, 3.63) is 0 Å². The minimum atomic E-state index is -1.11. The van der Waals surface area contributed by atoms with E-state index in [2.05, 4.69) is 16.0 Å². The SMILES string of the molecule is CC(C)C(=O)[C@H](CCN)NC(=O)[C@@H](NC(=O)C1CCCCN1)C(C)O. The molecule has 1 fully saturated rings. The number of ketones is 1. The first kappa shape index (κ1) is 21.5. The van der Waals surface area contributed by atoms with Gasteiger partial charge in [0.1, 0.15) is 6.04 Å². The molecule has 0 bridgehead atoms. The molecule has 4 atom stereocenters. The van der Waals surface area contributed by atoms with Gasteiger partial charge in [0.25, 0.3) is 0 Å². The van der Waals surface area contributed by atoms with Crippen LogP contribution in [-0.4, -0.2) is 60.0 Å². The summed E-state index contributed by atoms with van der Waals surface area (Å²) in [5.74, 6) is -1.26. The molecule has 1 aliphatic rings. The van der Waals surface area contributed by atoms with Crippen LogP contribution in [0.1, 0.15) is 46.5 Å². The van der Waals surface area contributed by atoms with E-state index < -0.39 is 24.1 Å². The predicted octanol–water partition coefficient (Wildman–Crippen LogP) is -0.947. The predicted molar refractivity (Wildman–Crippen MR) is 94.7 cm³/mol. The van der Waals surface area contributed by atoms with E-state index in [1.54, 1.807) is 13.8 Å². The second-order valence-electron chi connectivity index (χ2n) is 6.92. The maximum atomic E-state index is 12.5. The molecule has 0 aromatic rings. The number of rotatable bonds is 9. The molecule has 1 saturated heterocycles. The van der Waals surface area contributed by atoms with Crippen molar-refractivity contribution < 1.29 is 19.5 Å². The smallest absolute Gasteiger partial charge is 0.245 e. The van der Waals surface area contributed by atoms with Gasteiger partial charge in [0.2, 0.25) is 11.8 Å². The van der Waals surface area contributed by atoms with Crippen LogP contribution in [-0.2, 0) is 14.4 Å². The highest BCUT2D eigenvalue weighted by Crippen LogP contribution is 2.08. The number of nitrogens with two attached hydrogens (primary N) is 1. The fourth-order valence-electron chi connectivity index (χ4n) is 2.85. The summed E-state index contributed by atoms with van der Waals surface area (Å²) in [6.07, 6.45) is 1.88. The van der Waals surface area contributed by atoms with E-state index in [4.69, 9.17) is 5.73 Å². The Bertz CT molecular complexity index is 462.